The van der Waals surface area contributed by atoms with Crippen molar-refractivity contribution in [3.8, 4) is 0 Å². The Kier molecular flexibility index (Phi) is 1.44. The summed E-state index contributed by atoms with van der Waals surface area (Å²) in [4.78, 5) is 0. The Hall–Kier alpha value is -0.220. The second-order valence-electron chi connectivity index (χ2n) is 1.54. The van der Waals surface area contributed by atoms with Crippen molar-refractivity contribution in [1.29, 1.82) is 0 Å². The van der Waals surface area contributed by atoms with Crippen molar-refractivity contribution in [3.63, 3.8) is 0 Å². The summed E-state index contributed by atoms with van der Waals surface area (Å²) in [6.07, 6.45) is 0. The number of rotatable bonds is 0. The molecule has 8 heavy (non-hydrogen) atoms. The highest BCUT2D eigenvalue weighted by Crippen LogP contribution is 1.96. The third kappa shape index (κ3) is 0.809. The molecule has 0 aromatic carbocycles. The van der Waals surface area contributed by atoms with E-state index in [2.05, 4.69) is 4.37 Å². The van der Waals surface area contributed by atoms with Crippen molar-refractivity contribution < 1.29 is 3.97 Å². The maximum atomic E-state index is 4.89. The number of hydrogen-bond donors (Lipinski definition) is 0. The maximum absolute atomic E-state index is 4.89. The Morgan fingerprint density at radius 1 is 1.62 bits per heavy atom. The van der Waals surface area contributed by atoms with Gasteiger partial charge in [0.05, 0.1) is 0 Å². The molecule has 0 aliphatic rings. The average Bonchev–Trinajstić information content (AvgIpc) is 1.98. The van der Waals surface area contributed by atoms with E-state index in [1.165, 1.54) is 11.5 Å². The van der Waals surface area contributed by atoms with E-state index in [1.807, 2.05) is 13.8 Å². The summed E-state index contributed by atoms with van der Waals surface area (Å²) >= 11 is 6.33. The van der Waals surface area contributed by atoms with Crippen LogP contribution in [0.5, 0.6) is 0 Å². The van der Waals surface area contributed by atoms with Gasteiger partial charge in [0.1, 0.15) is 11.5 Å². The second kappa shape index (κ2) is 1.95. The molecular formula is C4H6N2S2. The van der Waals surface area contributed by atoms with E-state index in [0.717, 1.165) is 10.8 Å². The lowest BCUT2D eigenvalue weighted by Crippen LogP contribution is -2.30. The Bertz CT molecular complexity index is 174. The molecule has 1 rings (SSSR count). The summed E-state index contributed by atoms with van der Waals surface area (Å²) in [5, 5.41) is 1.07. The first kappa shape index (κ1) is 5.91. The van der Waals surface area contributed by atoms with E-state index in [1.54, 1.807) is 3.97 Å². The zero-order valence-corrected chi connectivity index (χ0v) is 6.34. The molecule has 0 fully saturated rings. The van der Waals surface area contributed by atoms with Gasteiger partial charge < -0.3 is 16.8 Å². The zero-order valence-electron chi connectivity index (χ0n) is 4.71. The summed E-state index contributed by atoms with van der Waals surface area (Å²) in [5.74, 6) is 0.905. The fourth-order valence-corrected chi connectivity index (χ4v) is 1.18. The van der Waals surface area contributed by atoms with Crippen LogP contribution >= 0.6 is 11.5 Å². The number of aryl methyl sites for hydroxylation is 2. The predicted octanol–water partition coefficient (Wildman–Crippen LogP) is 0.357. The molecule has 1 heterocycles. The van der Waals surface area contributed by atoms with Gasteiger partial charge in [0.15, 0.2) is 5.01 Å². The van der Waals surface area contributed by atoms with Gasteiger partial charge in [0.2, 0.25) is 0 Å². The molecule has 4 heteroatoms. The zero-order chi connectivity index (χ0) is 6.15. The molecule has 0 radical (unpaired) electrons. The predicted molar refractivity (Wildman–Crippen MR) is 34.5 cm³/mol. The minimum Gasteiger partial charge on any atom is -0.554 e. The molecule has 0 unspecified atom stereocenters. The molecule has 0 spiro atoms. The smallest absolute Gasteiger partial charge is 0.293 e. The Morgan fingerprint density at radius 3 is 2.38 bits per heavy atom. The van der Waals surface area contributed by atoms with Crippen molar-refractivity contribution in [3.05, 3.63) is 10.8 Å². The number of aromatic nitrogens is 2. The number of nitrogens with zero attached hydrogens (tertiary/aromatic N) is 2. The van der Waals surface area contributed by atoms with E-state index in [4.69, 9.17) is 12.8 Å². The lowest BCUT2D eigenvalue weighted by molar-refractivity contribution is -0.504. The fourth-order valence-electron chi connectivity index (χ4n) is 0.434. The van der Waals surface area contributed by atoms with Crippen LogP contribution in [-0.2, 0) is 12.8 Å². The van der Waals surface area contributed by atoms with Crippen LogP contribution in [0.4, 0.5) is 0 Å². The van der Waals surface area contributed by atoms with Crippen molar-refractivity contribution in [2.75, 3.05) is 0 Å². The lowest BCUT2D eigenvalue weighted by atomic mass is 10.7. The minimum absolute atomic E-state index is 0.905. The highest BCUT2D eigenvalue weighted by atomic mass is 32.1. The topological polar surface area (TPSA) is 16.8 Å². The normalized spacial score (nSPS) is 9.75. The quantitative estimate of drug-likeness (QED) is 0.388. The summed E-state index contributed by atoms with van der Waals surface area (Å²) < 4.78 is 5.67. The average molecular weight is 146 g/mol. The molecule has 0 N–H and O–H groups in total. The molecule has 0 saturated heterocycles. The number of hydrogen-bond acceptors (Lipinski definition) is 3. The second-order valence-corrected chi connectivity index (χ2v) is 2.86. The molecule has 0 aliphatic carbocycles. The summed E-state index contributed by atoms with van der Waals surface area (Å²) in [6, 6.07) is 0. The lowest BCUT2D eigenvalue weighted by Gasteiger charge is -1.96. The van der Waals surface area contributed by atoms with Gasteiger partial charge in [-0.25, -0.2) is 0 Å². The van der Waals surface area contributed by atoms with E-state index in [0.29, 0.717) is 0 Å². The van der Waals surface area contributed by atoms with Gasteiger partial charge in [-0.05, 0) is 0 Å². The summed E-state index contributed by atoms with van der Waals surface area (Å²) in [5.41, 5.74) is 0. The van der Waals surface area contributed by atoms with E-state index < -0.39 is 0 Å². The molecule has 44 valence electrons. The molecule has 0 atom stereocenters. The fraction of sp³-hybridized carbons (Fsp3) is 0.500. The van der Waals surface area contributed by atoms with Crippen LogP contribution in [0.1, 0.15) is 10.8 Å². The van der Waals surface area contributed by atoms with Crippen LogP contribution in [-0.4, -0.2) is 4.37 Å². The molecule has 0 amide bonds. The van der Waals surface area contributed by atoms with Gasteiger partial charge in [-0.15, -0.1) is 0 Å². The van der Waals surface area contributed by atoms with Crippen LogP contribution in [0.25, 0.3) is 0 Å². The summed E-state index contributed by atoms with van der Waals surface area (Å²) in [6.45, 7) is 3.86. The van der Waals surface area contributed by atoms with Gasteiger partial charge in [-0.3, -0.25) is 0 Å². The van der Waals surface area contributed by atoms with Crippen LogP contribution in [0, 0.1) is 13.8 Å². The first-order valence-corrected chi connectivity index (χ1v) is 3.38. The van der Waals surface area contributed by atoms with Gasteiger partial charge in [-0.1, -0.05) is 0 Å². The molecule has 2 nitrogen and oxygen atoms in total. The van der Waals surface area contributed by atoms with Gasteiger partial charge >= 0.3 is 0 Å². The Morgan fingerprint density at radius 2 is 2.25 bits per heavy atom. The minimum atomic E-state index is 0.905. The highest BCUT2D eigenvalue weighted by Gasteiger charge is 2.02. The van der Waals surface area contributed by atoms with Crippen molar-refractivity contribution in [2.24, 2.45) is 0 Å². The van der Waals surface area contributed by atoms with E-state index in [-0.39, 0.29) is 0 Å². The molecule has 1 aromatic heterocycles. The molecule has 0 aliphatic heterocycles. The van der Waals surface area contributed by atoms with Gasteiger partial charge in [0.25, 0.3) is 5.82 Å². The van der Waals surface area contributed by atoms with Crippen LogP contribution in [0.3, 0.4) is 0 Å². The standard InChI is InChI=1S/C4H6N2S2/c1-3-5-8-4(2)6(3)7/h1-2H3. The molecule has 0 saturated carbocycles. The SMILES string of the molecule is Cc1nsc(C)[n+]1[S-]. The largest absolute Gasteiger partial charge is 0.554 e. The van der Waals surface area contributed by atoms with Crippen molar-refractivity contribution in [1.82, 2.24) is 4.37 Å². The first-order chi connectivity index (χ1) is 3.72. The van der Waals surface area contributed by atoms with Gasteiger partial charge in [-0.2, -0.15) is 0 Å². The van der Waals surface area contributed by atoms with E-state index >= 15 is 0 Å². The molecular weight excluding hydrogens is 140 g/mol. The van der Waals surface area contributed by atoms with Gasteiger partial charge in [0, 0.05) is 18.2 Å². The highest BCUT2D eigenvalue weighted by molar-refractivity contribution is 7.51. The first-order valence-electron chi connectivity index (χ1n) is 2.24. The molecule has 0 bridgehead atoms. The van der Waals surface area contributed by atoms with Crippen molar-refractivity contribution in [2.45, 2.75) is 13.8 Å². The Labute approximate surface area is 57.9 Å². The van der Waals surface area contributed by atoms with Crippen LogP contribution in [0.15, 0.2) is 0 Å². The third-order valence-corrected chi connectivity index (χ3v) is 2.35. The van der Waals surface area contributed by atoms with Crippen LogP contribution < -0.4 is 3.97 Å². The maximum Gasteiger partial charge on any atom is 0.293 e. The molecule has 1 aromatic rings. The summed E-state index contributed by atoms with van der Waals surface area (Å²) in [7, 11) is 0. The van der Waals surface area contributed by atoms with E-state index in [9.17, 15) is 0 Å². The van der Waals surface area contributed by atoms with Crippen molar-refractivity contribution >= 4 is 24.3 Å². The monoisotopic (exact) mass is 146 g/mol. The Balaban J connectivity index is 3.19. The third-order valence-electron chi connectivity index (χ3n) is 0.890. The van der Waals surface area contributed by atoms with Crippen LogP contribution in [0.2, 0.25) is 0 Å².